The minimum Gasteiger partial charge on any atom is -0.389 e. The van der Waals surface area contributed by atoms with Crippen LogP contribution in [0.2, 0.25) is 0 Å². The van der Waals surface area contributed by atoms with Crippen LogP contribution in [0.4, 0.5) is 5.82 Å². The molecule has 0 radical (unpaired) electrons. The molecule has 1 aromatic rings. The zero-order chi connectivity index (χ0) is 13.4. The van der Waals surface area contributed by atoms with Gasteiger partial charge in [0.2, 0.25) is 0 Å². The molecule has 0 amide bonds. The van der Waals surface area contributed by atoms with E-state index in [4.69, 9.17) is 18.0 Å². The van der Waals surface area contributed by atoms with Crippen molar-refractivity contribution in [2.24, 2.45) is 11.7 Å². The van der Waals surface area contributed by atoms with Crippen LogP contribution < -0.4 is 10.6 Å². The van der Waals surface area contributed by atoms with Crippen molar-refractivity contribution >= 4 is 23.0 Å². The van der Waals surface area contributed by atoms with Gasteiger partial charge in [-0.25, -0.2) is 4.98 Å². The first-order valence-electron chi connectivity index (χ1n) is 6.42. The van der Waals surface area contributed by atoms with Crippen LogP contribution in [-0.2, 0) is 0 Å². The fourth-order valence-electron chi connectivity index (χ4n) is 2.46. The second-order valence-corrected chi connectivity index (χ2v) is 5.77. The van der Waals surface area contributed by atoms with Crippen LogP contribution in [0, 0.1) is 19.8 Å². The van der Waals surface area contributed by atoms with Crippen molar-refractivity contribution in [3.05, 3.63) is 22.9 Å². The van der Waals surface area contributed by atoms with E-state index >= 15 is 0 Å². The standard InChI is InChI=1S/C14H21N3S/c1-8-7-9(2)16-14(12(8)13(15)18)17(4)10(3)11-5-6-11/h7,10-11H,5-6H2,1-4H3,(H2,15,18). The van der Waals surface area contributed by atoms with E-state index in [1.165, 1.54) is 12.8 Å². The number of pyridine rings is 1. The van der Waals surface area contributed by atoms with Gasteiger partial charge in [0.05, 0.1) is 5.56 Å². The molecule has 1 atom stereocenters. The number of rotatable bonds is 4. The zero-order valence-electron chi connectivity index (χ0n) is 11.5. The topological polar surface area (TPSA) is 42.1 Å². The third-order valence-corrected chi connectivity index (χ3v) is 4.03. The Morgan fingerprint density at radius 1 is 1.50 bits per heavy atom. The largest absolute Gasteiger partial charge is 0.389 e. The van der Waals surface area contributed by atoms with Crippen LogP contribution in [-0.4, -0.2) is 23.1 Å². The van der Waals surface area contributed by atoms with Gasteiger partial charge >= 0.3 is 0 Å². The third kappa shape index (κ3) is 2.48. The molecular weight excluding hydrogens is 242 g/mol. The lowest BCUT2D eigenvalue weighted by Crippen LogP contribution is -2.33. The highest BCUT2D eigenvalue weighted by molar-refractivity contribution is 7.80. The van der Waals surface area contributed by atoms with Crippen molar-refractivity contribution in [2.75, 3.05) is 11.9 Å². The first-order chi connectivity index (χ1) is 8.41. The highest BCUT2D eigenvalue weighted by Crippen LogP contribution is 2.36. The Kier molecular flexibility index (Phi) is 3.57. The summed E-state index contributed by atoms with van der Waals surface area (Å²) in [6, 6.07) is 2.53. The van der Waals surface area contributed by atoms with Gasteiger partial charge in [-0.05, 0) is 51.2 Å². The summed E-state index contributed by atoms with van der Waals surface area (Å²) in [6.07, 6.45) is 2.64. The molecule has 0 bridgehead atoms. The van der Waals surface area contributed by atoms with Crippen LogP contribution >= 0.6 is 12.2 Å². The van der Waals surface area contributed by atoms with E-state index < -0.39 is 0 Å². The lowest BCUT2D eigenvalue weighted by molar-refractivity contribution is 0.603. The van der Waals surface area contributed by atoms with Gasteiger partial charge in [0.25, 0.3) is 0 Å². The van der Waals surface area contributed by atoms with Crippen LogP contribution in [0.1, 0.15) is 36.6 Å². The fourth-order valence-corrected chi connectivity index (χ4v) is 2.72. The van der Waals surface area contributed by atoms with Gasteiger partial charge in [-0.3, -0.25) is 0 Å². The number of nitrogens with zero attached hydrogens (tertiary/aromatic N) is 2. The number of aromatic nitrogens is 1. The minimum absolute atomic E-state index is 0.435. The molecule has 2 N–H and O–H groups in total. The summed E-state index contributed by atoms with van der Waals surface area (Å²) in [4.78, 5) is 7.31. The first kappa shape index (κ1) is 13.3. The van der Waals surface area contributed by atoms with Gasteiger partial charge in [0.15, 0.2) is 0 Å². The van der Waals surface area contributed by atoms with E-state index in [1.54, 1.807) is 0 Å². The summed E-state index contributed by atoms with van der Waals surface area (Å²) in [5, 5.41) is 0. The molecule has 4 heteroatoms. The molecule has 1 aromatic heterocycles. The molecule has 1 heterocycles. The number of thiocarbonyl (C=S) groups is 1. The van der Waals surface area contributed by atoms with Crippen LogP contribution in [0.15, 0.2) is 6.07 Å². The Morgan fingerprint density at radius 2 is 2.11 bits per heavy atom. The molecule has 0 aliphatic heterocycles. The smallest absolute Gasteiger partial charge is 0.139 e. The molecule has 98 valence electrons. The molecule has 2 rings (SSSR count). The van der Waals surface area contributed by atoms with E-state index in [9.17, 15) is 0 Å². The van der Waals surface area contributed by atoms with Gasteiger partial charge in [-0.15, -0.1) is 0 Å². The molecule has 0 aromatic carbocycles. The average molecular weight is 263 g/mol. The number of aryl methyl sites for hydroxylation is 2. The molecular formula is C14H21N3S. The van der Waals surface area contributed by atoms with Crippen molar-refractivity contribution in [2.45, 2.75) is 39.7 Å². The number of hydrogen-bond donors (Lipinski definition) is 1. The van der Waals surface area contributed by atoms with Gasteiger partial charge in [-0.1, -0.05) is 12.2 Å². The third-order valence-electron chi connectivity index (χ3n) is 3.82. The van der Waals surface area contributed by atoms with Crippen molar-refractivity contribution in [1.29, 1.82) is 0 Å². The van der Waals surface area contributed by atoms with Gasteiger partial charge in [0.1, 0.15) is 10.8 Å². The number of hydrogen-bond acceptors (Lipinski definition) is 3. The summed E-state index contributed by atoms with van der Waals surface area (Å²) in [5.74, 6) is 1.72. The Bertz CT molecular complexity index is 480. The number of anilines is 1. The predicted molar refractivity (Wildman–Crippen MR) is 80.2 cm³/mol. The average Bonchev–Trinajstić information content (AvgIpc) is 3.08. The Hall–Kier alpha value is -1.16. The zero-order valence-corrected chi connectivity index (χ0v) is 12.3. The highest BCUT2D eigenvalue weighted by Gasteiger charge is 2.32. The quantitative estimate of drug-likeness (QED) is 0.848. The van der Waals surface area contributed by atoms with E-state index in [2.05, 4.69) is 23.9 Å². The van der Waals surface area contributed by atoms with Crippen molar-refractivity contribution < 1.29 is 0 Å². The predicted octanol–water partition coefficient (Wildman–Crippen LogP) is 2.57. The normalized spacial score (nSPS) is 16.4. The van der Waals surface area contributed by atoms with Gasteiger partial charge < -0.3 is 10.6 Å². The summed E-state index contributed by atoms with van der Waals surface area (Å²) in [7, 11) is 2.09. The second-order valence-electron chi connectivity index (χ2n) is 5.33. The van der Waals surface area contributed by atoms with E-state index in [-0.39, 0.29) is 0 Å². The Balaban J connectivity index is 2.44. The summed E-state index contributed by atoms with van der Waals surface area (Å²) < 4.78 is 0. The van der Waals surface area contributed by atoms with E-state index in [0.717, 1.165) is 28.6 Å². The van der Waals surface area contributed by atoms with Gasteiger partial charge in [0, 0.05) is 18.8 Å². The highest BCUT2D eigenvalue weighted by atomic mass is 32.1. The molecule has 1 aliphatic carbocycles. The molecule has 1 unspecified atom stereocenters. The Morgan fingerprint density at radius 3 is 2.61 bits per heavy atom. The minimum atomic E-state index is 0.435. The van der Waals surface area contributed by atoms with Gasteiger partial charge in [-0.2, -0.15) is 0 Å². The molecule has 3 nitrogen and oxygen atoms in total. The fraction of sp³-hybridized carbons (Fsp3) is 0.571. The maximum atomic E-state index is 5.86. The second kappa shape index (κ2) is 4.84. The van der Waals surface area contributed by atoms with Crippen LogP contribution in [0.3, 0.4) is 0 Å². The van der Waals surface area contributed by atoms with E-state index in [1.807, 2.05) is 19.9 Å². The maximum Gasteiger partial charge on any atom is 0.139 e. The van der Waals surface area contributed by atoms with Crippen LogP contribution in [0.5, 0.6) is 0 Å². The van der Waals surface area contributed by atoms with Crippen molar-refractivity contribution in [3.8, 4) is 0 Å². The SMILES string of the molecule is Cc1cc(C)c(C(N)=S)c(N(C)C(C)C2CC2)n1. The molecule has 18 heavy (non-hydrogen) atoms. The lowest BCUT2D eigenvalue weighted by atomic mass is 10.1. The van der Waals surface area contributed by atoms with Crippen molar-refractivity contribution in [3.63, 3.8) is 0 Å². The Labute approximate surface area is 114 Å². The molecule has 1 saturated carbocycles. The molecule has 1 aliphatic rings. The van der Waals surface area contributed by atoms with Crippen LogP contribution in [0.25, 0.3) is 0 Å². The molecule has 0 saturated heterocycles. The maximum absolute atomic E-state index is 5.86. The number of nitrogens with two attached hydrogens (primary N) is 1. The van der Waals surface area contributed by atoms with E-state index in [0.29, 0.717) is 11.0 Å². The monoisotopic (exact) mass is 263 g/mol. The summed E-state index contributed by atoms with van der Waals surface area (Å²) in [5.41, 5.74) is 8.90. The van der Waals surface area contributed by atoms with Crippen molar-refractivity contribution in [1.82, 2.24) is 4.98 Å². The summed E-state index contributed by atoms with van der Waals surface area (Å²) in [6.45, 7) is 6.30. The lowest BCUT2D eigenvalue weighted by Gasteiger charge is -2.28. The summed E-state index contributed by atoms with van der Waals surface area (Å²) >= 11 is 5.18. The molecule has 1 fully saturated rings. The molecule has 0 spiro atoms. The first-order valence-corrected chi connectivity index (χ1v) is 6.83.